The molecule has 1 rings (SSSR count). The maximum Gasteiger partial charge on any atom is 0.408 e. The summed E-state index contributed by atoms with van der Waals surface area (Å²) in [6.07, 6.45) is -0.660. The number of hydrogen-bond donors (Lipinski definition) is 4. The third-order valence-electron chi connectivity index (χ3n) is 2.14. The van der Waals surface area contributed by atoms with Gasteiger partial charge in [-0.3, -0.25) is 15.6 Å². The highest BCUT2D eigenvalue weighted by Gasteiger charge is 2.16. The summed E-state index contributed by atoms with van der Waals surface area (Å²) in [5, 5.41) is 5.46. The average Bonchev–Trinajstić information content (AvgIpc) is 2.42. The molecule has 0 bridgehead atoms. The Bertz CT molecular complexity index is 529. The molecule has 8 heteroatoms. The molecule has 0 fully saturated rings. The Balaban J connectivity index is 2.23. The van der Waals surface area contributed by atoms with E-state index in [2.05, 4.69) is 21.5 Å². The lowest BCUT2D eigenvalue weighted by atomic mass is 10.2. The smallest absolute Gasteiger partial charge is 0.408 e. The molecule has 0 saturated heterocycles. The Labute approximate surface area is 134 Å². The average molecular weight is 324 g/mol. The van der Waals surface area contributed by atoms with E-state index >= 15 is 0 Å². The minimum atomic E-state index is -0.660. The van der Waals surface area contributed by atoms with Crippen LogP contribution in [0.4, 0.5) is 10.5 Å². The van der Waals surface area contributed by atoms with Gasteiger partial charge < -0.3 is 15.4 Å². The van der Waals surface area contributed by atoms with Crippen molar-refractivity contribution in [2.75, 3.05) is 11.9 Å². The molecule has 1 aromatic rings. The Kier molecular flexibility index (Phi) is 6.58. The zero-order valence-electron chi connectivity index (χ0n) is 12.7. The van der Waals surface area contributed by atoms with E-state index in [4.69, 9.17) is 17.0 Å². The number of anilines is 1. The van der Waals surface area contributed by atoms with E-state index in [1.807, 2.05) is 30.3 Å². The first-order valence-electron chi connectivity index (χ1n) is 6.64. The van der Waals surface area contributed by atoms with Gasteiger partial charge in [0.15, 0.2) is 5.11 Å². The van der Waals surface area contributed by atoms with Crippen LogP contribution >= 0.6 is 12.2 Å². The fraction of sp³-hybridized carbons (Fsp3) is 0.357. The number of rotatable bonds is 3. The molecule has 0 aliphatic carbocycles. The second-order valence-electron chi connectivity index (χ2n) is 5.35. The summed E-state index contributed by atoms with van der Waals surface area (Å²) < 4.78 is 5.00. The highest BCUT2D eigenvalue weighted by molar-refractivity contribution is 7.80. The number of thiocarbonyl (C=S) groups is 1. The lowest BCUT2D eigenvalue weighted by Crippen LogP contribution is -2.48. The minimum absolute atomic E-state index is 0.226. The van der Waals surface area contributed by atoms with Crippen LogP contribution in [0.25, 0.3) is 0 Å². The van der Waals surface area contributed by atoms with Crippen molar-refractivity contribution in [3.63, 3.8) is 0 Å². The van der Waals surface area contributed by atoms with Gasteiger partial charge in [0.1, 0.15) is 12.1 Å². The summed E-state index contributed by atoms with van der Waals surface area (Å²) in [7, 11) is 0. The zero-order valence-corrected chi connectivity index (χ0v) is 13.5. The maximum absolute atomic E-state index is 11.5. The SMILES string of the molecule is CC(C)(C)OC(=O)NCC(=O)NNC(=S)Nc1ccccc1. The van der Waals surface area contributed by atoms with Gasteiger partial charge in [0.25, 0.3) is 5.91 Å². The van der Waals surface area contributed by atoms with Crippen molar-refractivity contribution in [2.45, 2.75) is 26.4 Å². The minimum Gasteiger partial charge on any atom is -0.444 e. The molecule has 120 valence electrons. The van der Waals surface area contributed by atoms with Crippen LogP contribution in [0.2, 0.25) is 0 Å². The Hall–Kier alpha value is -2.35. The molecular weight excluding hydrogens is 304 g/mol. The van der Waals surface area contributed by atoms with Crippen molar-refractivity contribution < 1.29 is 14.3 Å². The van der Waals surface area contributed by atoms with Crippen molar-refractivity contribution >= 4 is 35.0 Å². The third-order valence-corrected chi connectivity index (χ3v) is 2.34. The first-order chi connectivity index (χ1) is 10.3. The summed E-state index contributed by atoms with van der Waals surface area (Å²) in [5.41, 5.74) is 5.07. The van der Waals surface area contributed by atoms with Crippen LogP contribution in [0.1, 0.15) is 20.8 Å². The summed E-state index contributed by atoms with van der Waals surface area (Å²) in [6, 6.07) is 9.26. The molecule has 4 N–H and O–H groups in total. The number of hydrazine groups is 1. The molecule has 22 heavy (non-hydrogen) atoms. The zero-order chi connectivity index (χ0) is 16.6. The van der Waals surface area contributed by atoms with E-state index in [-0.39, 0.29) is 11.7 Å². The van der Waals surface area contributed by atoms with Gasteiger partial charge in [0, 0.05) is 5.69 Å². The molecule has 0 radical (unpaired) electrons. The molecule has 0 unspecified atom stereocenters. The fourth-order valence-electron chi connectivity index (χ4n) is 1.32. The van der Waals surface area contributed by atoms with Gasteiger partial charge in [-0.1, -0.05) is 18.2 Å². The van der Waals surface area contributed by atoms with Gasteiger partial charge >= 0.3 is 6.09 Å². The van der Waals surface area contributed by atoms with E-state index in [1.54, 1.807) is 20.8 Å². The molecular formula is C14H20N4O3S. The quantitative estimate of drug-likeness (QED) is 0.498. The van der Waals surface area contributed by atoms with Crippen LogP contribution in [-0.2, 0) is 9.53 Å². The number of para-hydroxylation sites is 1. The van der Waals surface area contributed by atoms with Crippen LogP contribution in [0, 0.1) is 0 Å². The first kappa shape index (κ1) is 17.7. The predicted molar refractivity (Wildman–Crippen MR) is 88.2 cm³/mol. The molecule has 2 amide bonds. The van der Waals surface area contributed by atoms with Gasteiger partial charge in [-0.05, 0) is 45.1 Å². The van der Waals surface area contributed by atoms with Crippen LogP contribution in [-0.4, -0.2) is 29.3 Å². The van der Waals surface area contributed by atoms with Gasteiger partial charge in [-0.15, -0.1) is 0 Å². The molecule has 0 aliphatic heterocycles. The van der Waals surface area contributed by atoms with Crippen LogP contribution in [0.15, 0.2) is 30.3 Å². The maximum atomic E-state index is 11.5. The van der Waals surface area contributed by atoms with E-state index in [1.165, 1.54) is 0 Å². The van der Waals surface area contributed by atoms with Crippen molar-refractivity contribution in [3.05, 3.63) is 30.3 Å². The highest BCUT2D eigenvalue weighted by Crippen LogP contribution is 2.06. The highest BCUT2D eigenvalue weighted by atomic mass is 32.1. The molecule has 0 heterocycles. The van der Waals surface area contributed by atoms with Gasteiger partial charge in [-0.25, -0.2) is 4.79 Å². The molecule has 0 spiro atoms. The normalized spacial score (nSPS) is 10.3. The van der Waals surface area contributed by atoms with Crippen LogP contribution < -0.4 is 21.5 Å². The molecule has 1 aromatic carbocycles. The van der Waals surface area contributed by atoms with Gasteiger partial charge in [0.05, 0.1) is 0 Å². The van der Waals surface area contributed by atoms with Crippen LogP contribution in [0.5, 0.6) is 0 Å². The van der Waals surface area contributed by atoms with Crippen molar-refractivity contribution in [1.29, 1.82) is 0 Å². The van der Waals surface area contributed by atoms with Gasteiger partial charge in [-0.2, -0.15) is 0 Å². The molecule has 0 saturated carbocycles. The molecule has 0 aromatic heterocycles. The topological polar surface area (TPSA) is 91.5 Å². The largest absolute Gasteiger partial charge is 0.444 e. The fourth-order valence-corrected chi connectivity index (χ4v) is 1.49. The lowest BCUT2D eigenvalue weighted by Gasteiger charge is -2.19. The predicted octanol–water partition coefficient (Wildman–Crippen LogP) is 1.53. The Morgan fingerprint density at radius 2 is 1.77 bits per heavy atom. The first-order valence-corrected chi connectivity index (χ1v) is 7.05. The Morgan fingerprint density at radius 1 is 1.14 bits per heavy atom. The number of ether oxygens (including phenoxy) is 1. The summed E-state index contributed by atoms with van der Waals surface area (Å²) in [6.45, 7) is 4.99. The number of benzene rings is 1. The number of carbonyl (C=O) groups excluding carboxylic acids is 2. The second-order valence-corrected chi connectivity index (χ2v) is 5.76. The van der Waals surface area contributed by atoms with E-state index in [0.717, 1.165) is 5.69 Å². The monoisotopic (exact) mass is 324 g/mol. The number of nitrogens with one attached hydrogen (secondary N) is 4. The molecule has 0 atom stereocenters. The second kappa shape index (κ2) is 8.18. The van der Waals surface area contributed by atoms with Crippen LogP contribution in [0.3, 0.4) is 0 Å². The lowest BCUT2D eigenvalue weighted by molar-refractivity contribution is -0.120. The summed E-state index contributed by atoms with van der Waals surface area (Å²) in [5.74, 6) is -0.455. The van der Waals surface area contributed by atoms with E-state index in [9.17, 15) is 9.59 Å². The number of carbonyl (C=O) groups is 2. The summed E-state index contributed by atoms with van der Waals surface area (Å²) >= 11 is 5.01. The number of amides is 2. The number of hydrogen-bond acceptors (Lipinski definition) is 4. The standard InChI is InChI=1S/C14H20N4O3S/c1-14(2,3)21-13(20)15-9-11(19)17-18-12(22)16-10-7-5-4-6-8-10/h4-8H,9H2,1-3H3,(H,15,20)(H,17,19)(H2,16,18,22). The third kappa shape index (κ3) is 8.05. The molecule has 0 aliphatic rings. The van der Waals surface area contributed by atoms with E-state index < -0.39 is 17.6 Å². The number of alkyl carbamates (subject to hydrolysis) is 1. The van der Waals surface area contributed by atoms with E-state index in [0.29, 0.717) is 0 Å². The van der Waals surface area contributed by atoms with Crippen molar-refractivity contribution in [1.82, 2.24) is 16.2 Å². The Morgan fingerprint density at radius 3 is 2.36 bits per heavy atom. The molecule has 7 nitrogen and oxygen atoms in total. The van der Waals surface area contributed by atoms with Crippen molar-refractivity contribution in [3.8, 4) is 0 Å². The summed E-state index contributed by atoms with van der Waals surface area (Å²) in [4.78, 5) is 22.9. The van der Waals surface area contributed by atoms with Crippen molar-refractivity contribution in [2.24, 2.45) is 0 Å². The van der Waals surface area contributed by atoms with Gasteiger partial charge in [0.2, 0.25) is 0 Å².